The Morgan fingerprint density at radius 1 is 1.60 bits per heavy atom. The van der Waals surface area contributed by atoms with E-state index in [9.17, 15) is 9.90 Å². The lowest BCUT2D eigenvalue weighted by Gasteiger charge is -2.35. The summed E-state index contributed by atoms with van der Waals surface area (Å²) in [7, 11) is 1.67. The number of carbonyl (C=O) groups excluding carboxylic acids is 1. The van der Waals surface area contributed by atoms with Gasteiger partial charge in [0.25, 0.3) is 5.91 Å². The molecule has 0 unspecified atom stereocenters. The van der Waals surface area contributed by atoms with Gasteiger partial charge in [0, 0.05) is 46.2 Å². The lowest BCUT2D eigenvalue weighted by atomic mass is 9.94. The minimum absolute atomic E-state index is 0.221. The molecule has 0 aromatic carbocycles. The molecule has 112 valence electrons. The molecule has 0 saturated carbocycles. The number of aliphatic hydroxyl groups is 1. The maximum Gasteiger partial charge on any atom is 0.274 e. The predicted molar refractivity (Wildman–Crippen MR) is 74.3 cm³/mol. The number of likely N-dealkylation sites (N-methyl/N-ethyl adjacent to an activating group) is 1. The fourth-order valence-corrected chi connectivity index (χ4v) is 2.48. The summed E-state index contributed by atoms with van der Waals surface area (Å²) in [4.78, 5) is 14.0. The minimum atomic E-state index is -0.880. The Labute approximate surface area is 118 Å². The molecule has 1 fully saturated rings. The summed E-state index contributed by atoms with van der Waals surface area (Å²) in [6, 6.07) is 0. The maximum atomic E-state index is 12.5. The number of nitrogen functional groups attached to an aromatic ring is 1. The highest BCUT2D eigenvalue weighted by atomic mass is 16.5. The van der Waals surface area contributed by atoms with Gasteiger partial charge in [0.1, 0.15) is 5.69 Å². The van der Waals surface area contributed by atoms with Crippen molar-refractivity contribution in [3.63, 3.8) is 0 Å². The van der Waals surface area contributed by atoms with Gasteiger partial charge in [-0.3, -0.25) is 9.48 Å². The molecule has 1 aliphatic heterocycles. The van der Waals surface area contributed by atoms with Crippen LogP contribution in [0.5, 0.6) is 0 Å². The van der Waals surface area contributed by atoms with Gasteiger partial charge in [0.15, 0.2) is 0 Å². The summed E-state index contributed by atoms with van der Waals surface area (Å²) < 4.78 is 6.81. The molecule has 0 spiro atoms. The van der Waals surface area contributed by atoms with Crippen molar-refractivity contribution in [2.24, 2.45) is 0 Å². The van der Waals surface area contributed by atoms with E-state index in [4.69, 9.17) is 10.5 Å². The van der Waals surface area contributed by atoms with E-state index < -0.39 is 5.60 Å². The molecule has 0 aliphatic carbocycles. The monoisotopic (exact) mass is 282 g/mol. The number of rotatable bonds is 4. The van der Waals surface area contributed by atoms with Crippen LogP contribution in [0, 0.1) is 0 Å². The largest absolute Gasteiger partial charge is 0.396 e. The number of hydrogen-bond donors (Lipinski definition) is 2. The first kappa shape index (κ1) is 14.8. The van der Waals surface area contributed by atoms with E-state index in [0.29, 0.717) is 44.0 Å². The van der Waals surface area contributed by atoms with E-state index in [2.05, 4.69) is 5.10 Å². The van der Waals surface area contributed by atoms with Gasteiger partial charge in [-0.15, -0.1) is 0 Å². The van der Waals surface area contributed by atoms with Crippen LogP contribution in [0.2, 0.25) is 0 Å². The summed E-state index contributed by atoms with van der Waals surface area (Å²) in [6.45, 7) is 3.78. The summed E-state index contributed by atoms with van der Waals surface area (Å²) in [5, 5.41) is 14.5. The van der Waals surface area contributed by atoms with E-state index >= 15 is 0 Å². The molecular weight excluding hydrogens is 260 g/mol. The molecule has 20 heavy (non-hydrogen) atoms. The molecule has 7 nitrogen and oxygen atoms in total. The zero-order valence-electron chi connectivity index (χ0n) is 12.0. The van der Waals surface area contributed by atoms with Gasteiger partial charge in [-0.2, -0.15) is 5.10 Å². The maximum absolute atomic E-state index is 12.5. The lowest BCUT2D eigenvalue weighted by molar-refractivity contribution is -0.0735. The van der Waals surface area contributed by atoms with Crippen LogP contribution >= 0.6 is 0 Å². The van der Waals surface area contributed by atoms with Crippen molar-refractivity contribution in [2.75, 3.05) is 32.5 Å². The normalized spacial score (nSPS) is 17.9. The van der Waals surface area contributed by atoms with Gasteiger partial charge in [-0.1, -0.05) is 0 Å². The van der Waals surface area contributed by atoms with Crippen molar-refractivity contribution in [1.29, 1.82) is 0 Å². The van der Waals surface area contributed by atoms with Crippen LogP contribution in [0.1, 0.15) is 30.3 Å². The van der Waals surface area contributed by atoms with Gasteiger partial charge >= 0.3 is 0 Å². The van der Waals surface area contributed by atoms with Crippen LogP contribution in [0.3, 0.4) is 0 Å². The van der Waals surface area contributed by atoms with Crippen LogP contribution in [-0.4, -0.2) is 58.1 Å². The molecule has 2 heterocycles. The standard InChI is InChI=1S/C13H22N4O3/c1-3-17-11(10(14)8-15-17)12(18)16(2)9-13(19)4-6-20-7-5-13/h8,19H,3-7,9,14H2,1-2H3. The number of amides is 1. The molecule has 1 saturated heterocycles. The third-order valence-corrected chi connectivity index (χ3v) is 3.67. The number of nitrogens with zero attached hydrogens (tertiary/aromatic N) is 3. The first-order chi connectivity index (χ1) is 9.47. The molecule has 1 aromatic heterocycles. The van der Waals surface area contributed by atoms with Crippen molar-refractivity contribution < 1.29 is 14.6 Å². The average molecular weight is 282 g/mol. The van der Waals surface area contributed by atoms with Gasteiger partial charge in [-0.05, 0) is 6.92 Å². The lowest BCUT2D eigenvalue weighted by Crippen LogP contribution is -2.47. The second kappa shape index (κ2) is 5.80. The van der Waals surface area contributed by atoms with Crippen LogP contribution < -0.4 is 5.73 Å². The van der Waals surface area contributed by atoms with E-state index in [-0.39, 0.29) is 12.5 Å². The Morgan fingerprint density at radius 2 is 2.25 bits per heavy atom. The minimum Gasteiger partial charge on any atom is -0.396 e. The van der Waals surface area contributed by atoms with E-state index in [1.54, 1.807) is 11.7 Å². The molecular formula is C13H22N4O3. The fraction of sp³-hybridized carbons (Fsp3) is 0.692. The second-order valence-corrected chi connectivity index (χ2v) is 5.26. The second-order valence-electron chi connectivity index (χ2n) is 5.26. The van der Waals surface area contributed by atoms with Gasteiger partial charge in [-0.25, -0.2) is 0 Å². The number of carbonyl (C=O) groups is 1. The fourth-order valence-electron chi connectivity index (χ4n) is 2.48. The number of aryl methyl sites for hydroxylation is 1. The van der Waals surface area contributed by atoms with Crippen LogP contribution in [0.15, 0.2) is 6.20 Å². The van der Waals surface area contributed by atoms with Crippen molar-refractivity contribution in [3.8, 4) is 0 Å². The van der Waals surface area contributed by atoms with Gasteiger partial charge in [0.2, 0.25) is 0 Å². The Hall–Kier alpha value is -1.60. The highest BCUT2D eigenvalue weighted by molar-refractivity contribution is 5.97. The number of aromatic nitrogens is 2. The summed E-state index contributed by atoms with van der Waals surface area (Å²) in [5.41, 5.74) is 5.67. The zero-order valence-corrected chi connectivity index (χ0v) is 12.0. The Bertz CT molecular complexity index is 480. The summed E-state index contributed by atoms with van der Waals surface area (Å²) >= 11 is 0. The average Bonchev–Trinajstić information content (AvgIpc) is 2.79. The summed E-state index contributed by atoms with van der Waals surface area (Å²) in [5.74, 6) is -0.221. The Morgan fingerprint density at radius 3 is 2.85 bits per heavy atom. The number of ether oxygens (including phenoxy) is 1. The smallest absolute Gasteiger partial charge is 0.274 e. The molecule has 2 rings (SSSR count). The Kier molecular flexibility index (Phi) is 4.29. The first-order valence-corrected chi connectivity index (χ1v) is 6.84. The van der Waals surface area contributed by atoms with Crippen molar-refractivity contribution in [2.45, 2.75) is 31.9 Å². The van der Waals surface area contributed by atoms with Crippen molar-refractivity contribution >= 4 is 11.6 Å². The molecule has 1 amide bonds. The molecule has 0 radical (unpaired) electrons. The van der Waals surface area contributed by atoms with E-state index in [1.165, 1.54) is 11.1 Å². The zero-order chi connectivity index (χ0) is 14.8. The van der Waals surface area contributed by atoms with Crippen LogP contribution in [0.25, 0.3) is 0 Å². The number of anilines is 1. The van der Waals surface area contributed by atoms with Gasteiger partial charge in [0.05, 0.1) is 17.5 Å². The Balaban J connectivity index is 2.10. The highest BCUT2D eigenvalue weighted by Gasteiger charge is 2.33. The predicted octanol–water partition coefficient (Wildman–Crippen LogP) is 0.0987. The highest BCUT2D eigenvalue weighted by Crippen LogP contribution is 2.22. The summed E-state index contributed by atoms with van der Waals surface area (Å²) in [6.07, 6.45) is 2.55. The first-order valence-electron chi connectivity index (χ1n) is 6.84. The van der Waals surface area contributed by atoms with E-state index in [1.807, 2.05) is 6.92 Å². The molecule has 1 aromatic rings. The van der Waals surface area contributed by atoms with Crippen LogP contribution in [0.4, 0.5) is 5.69 Å². The molecule has 0 bridgehead atoms. The SMILES string of the molecule is CCn1ncc(N)c1C(=O)N(C)CC1(O)CCOCC1. The van der Waals surface area contributed by atoms with E-state index in [0.717, 1.165) is 0 Å². The number of hydrogen-bond acceptors (Lipinski definition) is 5. The molecule has 3 N–H and O–H groups in total. The third-order valence-electron chi connectivity index (χ3n) is 3.67. The topological polar surface area (TPSA) is 93.6 Å². The third kappa shape index (κ3) is 2.94. The molecule has 7 heteroatoms. The number of nitrogens with two attached hydrogens (primary N) is 1. The molecule has 1 aliphatic rings. The van der Waals surface area contributed by atoms with Crippen molar-refractivity contribution in [3.05, 3.63) is 11.9 Å². The molecule has 0 atom stereocenters. The van der Waals surface area contributed by atoms with Crippen LogP contribution in [-0.2, 0) is 11.3 Å². The van der Waals surface area contributed by atoms with Crippen molar-refractivity contribution in [1.82, 2.24) is 14.7 Å². The van der Waals surface area contributed by atoms with Gasteiger partial charge < -0.3 is 20.5 Å². The quantitative estimate of drug-likeness (QED) is 0.817.